The Bertz CT molecular complexity index is 1320. The maximum atomic E-state index is 12.7. The normalized spacial score (nSPS) is 10.8. The zero-order valence-electron chi connectivity index (χ0n) is 16.8. The van der Waals surface area contributed by atoms with Gasteiger partial charge < -0.3 is 9.72 Å². The van der Waals surface area contributed by atoms with Crippen molar-refractivity contribution in [1.82, 2.24) is 9.97 Å². The second-order valence-electron chi connectivity index (χ2n) is 7.31. The SMILES string of the molecule is O=C(c1ccccc1)c1ccc2nc(-c3ccc(OCc4ccccc4)cc3)[nH]c2c1. The molecule has 0 amide bonds. The molecule has 4 heteroatoms. The topological polar surface area (TPSA) is 55.0 Å². The fourth-order valence-corrected chi connectivity index (χ4v) is 3.49. The Morgan fingerprint density at radius 3 is 2.23 bits per heavy atom. The zero-order chi connectivity index (χ0) is 21.0. The van der Waals surface area contributed by atoms with Gasteiger partial charge in [0, 0.05) is 16.7 Å². The van der Waals surface area contributed by atoms with E-state index < -0.39 is 0 Å². The first-order valence-electron chi connectivity index (χ1n) is 10.1. The van der Waals surface area contributed by atoms with Crippen molar-refractivity contribution in [1.29, 1.82) is 0 Å². The number of aromatic amines is 1. The molecule has 5 aromatic rings. The zero-order valence-corrected chi connectivity index (χ0v) is 16.8. The molecule has 0 spiro atoms. The van der Waals surface area contributed by atoms with E-state index in [4.69, 9.17) is 4.74 Å². The molecule has 0 bridgehead atoms. The van der Waals surface area contributed by atoms with Crippen LogP contribution in [0.2, 0.25) is 0 Å². The van der Waals surface area contributed by atoms with Crippen LogP contribution in [0.1, 0.15) is 21.5 Å². The van der Waals surface area contributed by atoms with Crippen molar-refractivity contribution >= 4 is 16.8 Å². The highest BCUT2D eigenvalue weighted by Crippen LogP contribution is 2.24. The predicted octanol–water partition coefficient (Wildman–Crippen LogP) is 6.04. The molecule has 0 saturated heterocycles. The summed E-state index contributed by atoms with van der Waals surface area (Å²) in [5, 5.41) is 0. The molecule has 31 heavy (non-hydrogen) atoms. The molecule has 0 fully saturated rings. The number of rotatable bonds is 6. The number of imidazole rings is 1. The van der Waals surface area contributed by atoms with E-state index in [1.165, 1.54) is 0 Å². The molecule has 0 radical (unpaired) electrons. The monoisotopic (exact) mass is 404 g/mol. The summed E-state index contributed by atoms with van der Waals surface area (Å²) >= 11 is 0. The number of ether oxygens (including phenoxy) is 1. The number of benzene rings is 4. The Labute approximate surface area is 180 Å². The van der Waals surface area contributed by atoms with Crippen LogP contribution in [-0.2, 0) is 6.61 Å². The lowest BCUT2D eigenvalue weighted by atomic mass is 10.0. The second kappa shape index (κ2) is 8.28. The minimum absolute atomic E-state index is 0.00133. The molecule has 0 aliphatic carbocycles. The van der Waals surface area contributed by atoms with Gasteiger partial charge in [-0.15, -0.1) is 0 Å². The highest BCUT2D eigenvalue weighted by atomic mass is 16.5. The van der Waals surface area contributed by atoms with Gasteiger partial charge in [0.25, 0.3) is 0 Å². The molecular weight excluding hydrogens is 384 g/mol. The Morgan fingerprint density at radius 1 is 0.774 bits per heavy atom. The summed E-state index contributed by atoms with van der Waals surface area (Å²) < 4.78 is 5.86. The Balaban J connectivity index is 1.35. The molecule has 0 aliphatic heterocycles. The molecule has 0 saturated carbocycles. The molecule has 0 aliphatic rings. The number of H-pyrrole nitrogens is 1. The standard InChI is InChI=1S/C27H20N2O2/c30-26(20-9-5-2-6-10-20)22-13-16-24-25(17-22)29-27(28-24)21-11-14-23(15-12-21)31-18-19-7-3-1-4-8-19/h1-17H,18H2,(H,28,29). The summed E-state index contributed by atoms with van der Waals surface area (Å²) in [7, 11) is 0. The van der Waals surface area contributed by atoms with Crippen LogP contribution in [0.15, 0.2) is 103 Å². The number of hydrogen-bond donors (Lipinski definition) is 1. The van der Waals surface area contributed by atoms with Gasteiger partial charge >= 0.3 is 0 Å². The Morgan fingerprint density at radius 2 is 1.48 bits per heavy atom. The molecule has 4 nitrogen and oxygen atoms in total. The van der Waals surface area contributed by atoms with Crippen LogP contribution >= 0.6 is 0 Å². The van der Waals surface area contributed by atoms with Crippen molar-refractivity contribution < 1.29 is 9.53 Å². The number of hydrogen-bond acceptors (Lipinski definition) is 3. The number of carbonyl (C=O) groups excluding carboxylic acids is 1. The summed E-state index contributed by atoms with van der Waals surface area (Å²) in [6.07, 6.45) is 0. The van der Waals surface area contributed by atoms with Gasteiger partial charge in [0.2, 0.25) is 0 Å². The summed E-state index contributed by atoms with van der Waals surface area (Å²) in [5.41, 5.74) is 5.06. The molecule has 1 heterocycles. The average molecular weight is 404 g/mol. The summed E-state index contributed by atoms with van der Waals surface area (Å²) in [6, 6.07) is 32.8. The number of aromatic nitrogens is 2. The predicted molar refractivity (Wildman–Crippen MR) is 122 cm³/mol. The van der Waals surface area contributed by atoms with Gasteiger partial charge in [0.1, 0.15) is 18.2 Å². The summed E-state index contributed by atoms with van der Waals surface area (Å²) in [6.45, 7) is 0.531. The number of fused-ring (bicyclic) bond motifs is 1. The van der Waals surface area contributed by atoms with Gasteiger partial charge in [0.05, 0.1) is 11.0 Å². The highest BCUT2D eigenvalue weighted by Gasteiger charge is 2.12. The van der Waals surface area contributed by atoms with E-state index in [1.54, 1.807) is 0 Å². The van der Waals surface area contributed by atoms with Gasteiger partial charge in [-0.2, -0.15) is 0 Å². The summed E-state index contributed by atoms with van der Waals surface area (Å²) in [4.78, 5) is 20.7. The van der Waals surface area contributed by atoms with Gasteiger partial charge in [-0.3, -0.25) is 4.79 Å². The Kier molecular flexibility index (Phi) is 5.03. The lowest BCUT2D eigenvalue weighted by molar-refractivity contribution is 0.103. The van der Waals surface area contributed by atoms with Crippen molar-refractivity contribution in [3.63, 3.8) is 0 Å². The van der Waals surface area contributed by atoms with E-state index in [0.717, 1.165) is 33.7 Å². The van der Waals surface area contributed by atoms with Crippen molar-refractivity contribution in [2.24, 2.45) is 0 Å². The van der Waals surface area contributed by atoms with Crippen LogP contribution in [0.5, 0.6) is 5.75 Å². The van der Waals surface area contributed by atoms with E-state index in [0.29, 0.717) is 17.7 Å². The van der Waals surface area contributed by atoms with E-state index >= 15 is 0 Å². The first-order chi connectivity index (χ1) is 15.3. The average Bonchev–Trinajstić information content (AvgIpc) is 3.27. The van der Waals surface area contributed by atoms with Crippen molar-refractivity contribution in [3.05, 3.63) is 120 Å². The lowest BCUT2D eigenvalue weighted by Crippen LogP contribution is -2.00. The maximum Gasteiger partial charge on any atom is 0.193 e. The molecular formula is C27H20N2O2. The molecule has 0 unspecified atom stereocenters. The van der Waals surface area contributed by atoms with Gasteiger partial charge in [-0.25, -0.2) is 4.98 Å². The third-order valence-corrected chi connectivity index (χ3v) is 5.16. The second-order valence-corrected chi connectivity index (χ2v) is 7.31. The van der Waals surface area contributed by atoms with Crippen molar-refractivity contribution in [3.8, 4) is 17.1 Å². The van der Waals surface area contributed by atoms with Gasteiger partial charge in [-0.05, 0) is 48.0 Å². The molecule has 1 N–H and O–H groups in total. The number of nitrogens with one attached hydrogen (secondary N) is 1. The van der Waals surface area contributed by atoms with Crippen LogP contribution in [0.25, 0.3) is 22.4 Å². The number of nitrogens with zero attached hydrogens (tertiary/aromatic N) is 1. The van der Waals surface area contributed by atoms with E-state index in [9.17, 15) is 4.79 Å². The summed E-state index contributed by atoms with van der Waals surface area (Å²) in [5.74, 6) is 1.56. The molecule has 150 valence electrons. The first kappa shape index (κ1) is 18.8. The molecule has 5 rings (SSSR count). The van der Waals surface area contributed by atoms with E-state index in [2.05, 4.69) is 9.97 Å². The van der Waals surface area contributed by atoms with Crippen LogP contribution in [0.3, 0.4) is 0 Å². The van der Waals surface area contributed by atoms with E-state index in [1.807, 2.05) is 103 Å². The van der Waals surface area contributed by atoms with Crippen LogP contribution < -0.4 is 4.74 Å². The number of ketones is 1. The largest absolute Gasteiger partial charge is 0.489 e. The fraction of sp³-hybridized carbons (Fsp3) is 0.0370. The number of carbonyl (C=O) groups is 1. The smallest absolute Gasteiger partial charge is 0.193 e. The van der Waals surface area contributed by atoms with Crippen LogP contribution in [0.4, 0.5) is 0 Å². The molecule has 1 aromatic heterocycles. The minimum atomic E-state index is -0.00133. The quantitative estimate of drug-likeness (QED) is 0.351. The maximum absolute atomic E-state index is 12.7. The third-order valence-electron chi connectivity index (χ3n) is 5.16. The van der Waals surface area contributed by atoms with E-state index in [-0.39, 0.29) is 5.78 Å². The third kappa shape index (κ3) is 4.09. The first-order valence-corrected chi connectivity index (χ1v) is 10.1. The van der Waals surface area contributed by atoms with Crippen LogP contribution in [-0.4, -0.2) is 15.8 Å². The van der Waals surface area contributed by atoms with Gasteiger partial charge in [-0.1, -0.05) is 60.7 Å². The lowest BCUT2D eigenvalue weighted by Gasteiger charge is -2.06. The van der Waals surface area contributed by atoms with Crippen LogP contribution in [0, 0.1) is 0 Å². The minimum Gasteiger partial charge on any atom is -0.489 e. The highest BCUT2D eigenvalue weighted by molar-refractivity contribution is 6.10. The molecule has 0 atom stereocenters. The Hall–Kier alpha value is -4.18. The van der Waals surface area contributed by atoms with Crippen molar-refractivity contribution in [2.75, 3.05) is 0 Å². The molecule has 4 aromatic carbocycles. The van der Waals surface area contributed by atoms with Crippen molar-refractivity contribution in [2.45, 2.75) is 6.61 Å². The van der Waals surface area contributed by atoms with Gasteiger partial charge in [0.15, 0.2) is 5.78 Å². The fourth-order valence-electron chi connectivity index (χ4n) is 3.49.